The van der Waals surface area contributed by atoms with E-state index in [0.717, 1.165) is 37.7 Å². The fourth-order valence-electron chi connectivity index (χ4n) is 2.73. The van der Waals surface area contributed by atoms with Crippen molar-refractivity contribution in [2.45, 2.75) is 44.6 Å². The normalized spacial score (nSPS) is 17.5. The van der Waals surface area contributed by atoms with Crippen LogP contribution in [0.2, 0.25) is 5.02 Å². The monoisotopic (exact) mass is 310 g/mol. The van der Waals surface area contributed by atoms with E-state index in [2.05, 4.69) is 5.32 Å². The van der Waals surface area contributed by atoms with Gasteiger partial charge in [-0.15, -0.1) is 0 Å². The molecule has 3 N–H and O–H groups in total. The van der Waals surface area contributed by atoms with Gasteiger partial charge < -0.3 is 11.1 Å². The molecule has 1 aliphatic carbocycles. The number of halogens is 1. The summed E-state index contributed by atoms with van der Waals surface area (Å²) in [6, 6.07) is 5.32. The Morgan fingerprint density at radius 1 is 1.35 bits per heavy atom. The summed E-state index contributed by atoms with van der Waals surface area (Å²) in [7, 11) is 0. The average Bonchev–Trinajstić information content (AvgIpc) is 2.42. The van der Waals surface area contributed by atoms with Gasteiger partial charge in [-0.05, 0) is 37.5 Å². The number of benzene rings is 1. The van der Waals surface area contributed by atoms with Gasteiger partial charge in [0, 0.05) is 10.6 Å². The zero-order valence-electron chi connectivity index (χ0n) is 11.5. The summed E-state index contributed by atoms with van der Waals surface area (Å²) in [5, 5.41) is 3.64. The van der Waals surface area contributed by atoms with Crippen LogP contribution < -0.4 is 11.1 Å². The van der Waals surface area contributed by atoms with E-state index < -0.39 is 5.54 Å². The van der Waals surface area contributed by atoms with Crippen LogP contribution in [0.25, 0.3) is 0 Å². The summed E-state index contributed by atoms with van der Waals surface area (Å²) < 4.78 is 0. The van der Waals surface area contributed by atoms with Crippen molar-refractivity contribution >= 4 is 34.7 Å². The zero-order valence-corrected chi connectivity index (χ0v) is 13.1. The van der Waals surface area contributed by atoms with Gasteiger partial charge in [-0.2, -0.15) is 0 Å². The molecule has 1 aromatic rings. The van der Waals surface area contributed by atoms with Gasteiger partial charge in [0.15, 0.2) is 0 Å². The van der Waals surface area contributed by atoms with E-state index >= 15 is 0 Å². The lowest BCUT2D eigenvalue weighted by Crippen LogP contribution is -2.57. The van der Waals surface area contributed by atoms with Gasteiger partial charge in [0.05, 0.1) is 10.5 Å². The van der Waals surface area contributed by atoms with Crippen molar-refractivity contribution in [3.8, 4) is 0 Å². The van der Waals surface area contributed by atoms with Crippen molar-refractivity contribution in [1.29, 1.82) is 0 Å². The van der Waals surface area contributed by atoms with Crippen molar-refractivity contribution in [2.75, 3.05) is 0 Å². The van der Waals surface area contributed by atoms with E-state index in [9.17, 15) is 4.79 Å². The number of nitrogens with one attached hydrogen (secondary N) is 1. The van der Waals surface area contributed by atoms with Gasteiger partial charge in [0.25, 0.3) is 5.91 Å². The molecule has 1 aliphatic rings. The van der Waals surface area contributed by atoms with E-state index in [1.807, 2.05) is 6.92 Å². The smallest absolute Gasteiger partial charge is 0.252 e. The molecule has 0 saturated heterocycles. The second kappa shape index (κ2) is 6.10. The van der Waals surface area contributed by atoms with Crippen LogP contribution in [0.4, 0.5) is 0 Å². The molecule has 0 bridgehead atoms. The minimum Gasteiger partial charge on any atom is -0.391 e. The molecule has 3 nitrogen and oxygen atoms in total. The Morgan fingerprint density at radius 3 is 2.60 bits per heavy atom. The predicted octanol–water partition coefficient (Wildman–Crippen LogP) is 3.37. The molecule has 5 heteroatoms. The highest BCUT2D eigenvalue weighted by Gasteiger charge is 2.36. The van der Waals surface area contributed by atoms with E-state index in [1.54, 1.807) is 18.2 Å². The van der Waals surface area contributed by atoms with Gasteiger partial charge in [0.2, 0.25) is 0 Å². The topological polar surface area (TPSA) is 55.1 Å². The highest BCUT2D eigenvalue weighted by Crippen LogP contribution is 2.29. The van der Waals surface area contributed by atoms with Crippen LogP contribution in [0.15, 0.2) is 18.2 Å². The quantitative estimate of drug-likeness (QED) is 0.842. The molecule has 0 atom stereocenters. The summed E-state index contributed by atoms with van der Waals surface area (Å²) in [4.78, 5) is 12.9. The zero-order chi connectivity index (χ0) is 14.8. The molecule has 0 aromatic heterocycles. The standard InChI is InChI=1S/C15H19ClN2OS/c1-10-11(6-5-7-12(10)16)13(19)18-15(14(17)20)8-3-2-4-9-15/h5-7H,2-4,8-9H2,1H3,(H2,17,20)(H,18,19). The van der Waals surface area contributed by atoms with Crippen LogP contribution in [0.3, 0.4) is 0 Å². The summed E-state index contributed by atoms with van der Waals surface area (Å²) in [6.07, 6.45) is 4.86. The van der Waals surface area contributed by atoms with Crippen molar-refractivity contribution in [1.82, 2.24) is 5.32 Å². The number of hydrogen-bond acceptors (Lipinski definition) is 2. The van der Waals surface area contributed by atoms with Crippen LogP contribution in [0.1, 0.15) is 48.0 Å². The number of rotatable bonds is 3. The van der Waals surface area contributed by atoms with Crippen molar-refractivity contribution in [2.24, 2.45) is 5.73 Å². The summed E-state index contributed by atoms with van der Waals surface area (Å²) in [5.74, 6) is -0.153. The minimum atomic E-state index is -0.542. The molecular formula is C15H19ClN2OS. The Kier molecular flexibility index (Phi) is 4.66. The van der Waals surface area contributed by atoms with Crippen LogP contribution in [-0.2, 0) is 0 Å². The molecule has 1 amide bonds. The molecule has 1 saturated carbocycles. The van der Waals surface area contributed by atoms with Crippen LogP contribution in [0.5, 0.6) is 0 Å². The highest BCUT2D eigenvalue weighted by molar-refractivity contribution is 7.80. The maximum absolute atomic E-state index is 12.5. The van der Waals surface area contributed by atoms with Gasteiger partial charge in [-0.25, -0.2) is 0 Å². The number of thiocarbonyl (C=S) groups is 1. The average molecular weight is 311 g/mol. The van der Waals surface area contributed by atoms with E-state index in [1.165, 1.54) is 0 Å². The van der Waals surface area contributed by atoms with Crippen molar-refractivity contribution in [3.63, 3.8) is 0 Å². The summed E-state index contributed by atoms with van der Waals surface area (Å²) in [5.41, 5.74) is 6.71. The Balaban J connectivity index is 2.25. The second-order valence-electron chi connectivity index (χ2n) is 5.37. The molecule has 2 rings (SSSR count). The molecule has 20 heavy (non-hydrogen) atoms. The molecule has 0 heterocycles. The lowest BCUT2D eigenvalue weighted by atomic mass is 9.81. The van der Waals surface area contributed by atoms with Crippen molar-refractivity contribution in [3.05, 3.63) is 34.3 Å². The molecule has 1 aromatic carbocycles. The first kappa shape index (κ1) is 15.3. The van der Waals surface area contributed by atoms with Gasteiger partial charge in [-0.3, -0.25) is 4.79 Å². The first-order chi connectivity index (χ1) is 9.46. The Hall–Kier alpha value is -1.13. The van der Waals surface area contributed by atoms with E-state index in [4.69, 9.17) is 29.6 Å². The Morgan fingerprint density at radius 2 is 2.00 bits per heavy atom. The summed E-state index contributed by atoms with van der Waals surface area (Å²) >= 11 is 11.3. The Bertz CT molecular complexity index is 539. The lowest BCUT2D eigenvalue weighted by Gasteiger charge is -2.37. The van der Waals surface area contributed by atoms with E-state index in [-0.39, 0.29) is 5.91 Å². The molecule has 0 unspecified atom stereocenters. The third-order valence-electron chi connectivity index (χ3n) is 4.04. The van der Waals surface area contributed by atoms with Crippen LogP contribution in [-0.4, -0.2) is 16.4 Å². The fraction of sp³-hybridized carbons (Fsp3) is 0.467. The maximum Gasteiger partial charge on any atom is 0.252 e. The summed E-state index contributed by atoms with van der Waals surface area (Å²) in [6.45, 7) is 1.84. The number of carbonyl (C=O) groups is 1. The molecule has 1 fully saturated rings. The SMILES string of the molecule is Cc1c(Cl)cccc1C(=O)NC1(C(N)=S)CCCCC1. The molecule has 0 spiro atoms. The van der Waals surface area contributed by atoms with Gasteiger partial charge >= 0.3 is 0 Å². The van der Waals surface area contributed by atoms with Crippen molar-refractivity contribution < 1.29 is 4.79 Å². The maximum atomic E-state index is 12.5. The highest BCUT2D eigenvalue weighted by atomic mass is 35.5. The number of nitrogens with two attached hydrogens (primary N) is 1. The first-order valence-corrected chi connectivity index (χ1v) is 7.62. The van der Waals surface area contributed by atoms with Gasteiger partial charge in [0.1, 0.15) is 0 Å². The number of hydrogen-bond donors (Lipinski definition) is 2. The Labute approximate surface area is 129 Å². The van der Waals surface area contributed by atoms with Crippen LogP contribution in [0, 0.1) is 6.92 Å². The first-order valence-electron chi connectivity index (χ1n) is 6.84. The fourth-order valence-corrected chi connectivity index (χ4v) is 3.16. The third kappa shape index (κ3) is 2.96. The molecular weight excluding hydrogens is 292 g/mol. The number of amides is 1. The van der Waals surface area contributed by atoms with Gasteiger partial charge in [-0.1, -0.05) is 49.1 Å². The predicted molar refractivity (Wildman–Crippen MR) is 86.3 cm³/mol. The van der Waals surface area contributed by atoms with Crippen LogP contribution >= 0.6 is 23.8 Å². The van der Waals surface area contributed by atoms with E-state index in [0.29, 0.717) is 15.6 Å². The molecule has 0 aliphatic heterocycles. The largest absolute Gasteiger partial charge is 0.391 e. The molecule has 0 radical (unpaired) electrons. The molecule has 108 valence electrons. The number of carbonyl (C=O) groups excluding carboxylic acids is 1. The minimum absolute atomic E-state index is 0.153. The second-order valence-corrected chi connectivity index (χ2v) is 6.22. The lowest BCUT2D eigenvalue weighted by molar-refractivity contribution is 0.0908. The third-order valence-corrected chi connectivity index (χ3v) is 4.84.